The van der Waals surface area contributed by atoms with Gasteiger partial charge >= 0.3 is 5.97 Å². The van der Waals surface area contributed by atoms with Crippen molar-refractivity contribution in [2.45, 2.75) is 12.2 Å². The van der Waals surface area contributed by atoms with E-state index >= 15 is 0 Å². The Labute approximate surface area is 110 Å². The maximum Gasteiger partial charge on any atom is 0.325 e. The largest absolute Gasteiger partial charge is 0.468 e. The third-order valence-electron chi connectivity index (χ3n) is 2.26. The summed E-state index contributed by atoms with van der Waals surface area (Å²) >= 11 is 5.69. The van der Waals surface area contributed by atoms with Crippen molar-refractivity contribution in [3.05, 3.63) is 23.2 Å². The van der Waals surface area contributed by atoms with Gasteiger partial charge in [-0.15, -0.1) is 0 Å². The maximum atomic E-state index is 11.8. The molecule has 8 heteroatoms. The highest BCUT2D eigenvalue weighted by Gasteiger charge is 2.29. The van der Waals surface area contributed by atoms with Crippen LogP contribution in [0.25, 0.3) is 0 Å². The van der Waals surface area contributed by atoms with Gasteiger partial charge in [-0.2, -0.15) is 0 Å². The Morgan fingerprint density at radius 2 is 2.11 bits per heavy atom. The van der Waals surface area contributed by atoms with Crippen LogP contribution in [0.15, 0.2) is 18.2 Å². The van der Waals surface area contributed by atoms with Crippen molar-refractivity contribution in [2.24, 2.45) is 0 Å². The first-order valence-electron chi connectivity index (χ1n) is 4.92. The standard InChI is InChI=1S/C10H13ClN2O4S/c1-6(10(14)17-2)18(15,16)13-9-4-3-7(11)5-8(9)12/h3-6,13H,12H2,1-2H3. The topological polar surface area (TPSA) is 98.5 Å². The molecule has 0 amide bonds. The molecule has 0 saturated carbocycles. The van der Waals surface area contributed by atoms with Gasteiger partial charge in [0.1, 0.15) is 0 Å². The van der Waals surface area contributed by atoms with Gasteiger partial charge < -0.3 is 10.5 Å². The number of benzene rings is 1. The summed E-state index contributed by atoms with van der Waals surface area (Å²) in [6, 6.07) is 4.31. The van der Waals surface area contributed by atoms with Crippen LogP contribution in [0.2, 0.25) is 5.02 Å². The van der Waals surface area contributed by atoms with E-state index in [4.69, 9.17) is 17.3 Å². The number of carbonyl (C=O) groups is 1. The fourth-order valence-electron chi connectivity index (χ4n) is 1.16. The van der Waals surface area contributed by atoms with Crippen molar-refractivity contribution < 1.29 is 17.9 Å². The zero-order chi connectivity index (χ0) is 13.9. The summed E-state index contributed by atoms with van der Waals surface area (Å²) in [5.41, 5.74) is 5.94. The van der Waals surface area contributed by atoms with E-state index in [-0.39, 0.29) is 11.4 Å². The number of ether oxygens (including phenoxy) is 1. The highest BCUT2D eigenvalue weighted by atomic mass is 35.5. The molecule has 0 aromatic heterocycles. The lowest BCUT2D eigenvalue weighted by Crippen LogP contribution is -2.33. The quantitative estimate of drug-likeness (QED) is 0.642. The van der Waals surface area contributed by atoms with Gasteiger partial charge in [0.05, 0.1) is 18.5 Å². The molecule has 3 N–H and O–H groups in total. The minimum absolute atomic E-state index is 0.162. The maximum absolute atomic E-state index is 11.8. The third-order valence-corrected chi connectivity index (χ3v) is 4.13. The van der Waals surface area contributed by atoms with Crippen molar-refractivity contribution >= 4 is 39.0 Å². The first-order valence-corrected chi connectivity index (χ1v) is 6.85. The molecule has 0 aliphatic carbocycles. The zero-order valence-corrected chi connectivity index (χ0v) is 11.4. The van der Waals surface area contributed by atoms with E-state index in [1.807, 2.05) is 0 Å². The van der Waals surface area contributed by atoms with E-state index < -0.39 is 21.2 Å². The normalized spacial score (nSPS) is 12.8. The monoisotopic (exact) mass is 292 g/mol. The molecule has 1 aromatic carbocycles. The van der Waals surface area contributed by atoms with Crippen LogP contribution in [0.5, 0.6) is 0 Å². The van der Waals surface area contributed by atoms with Crippen LogP contribution >= 0.6 is 11.6 Å². The molecule has 1 rings (SSSR count). The summed E-state index contributed by atoms with van der Waals surface area (Å²) < 4.78 is 30.3. The Balaban J connectivity index is 2.99. The number of nitrogen functional groups attached to an aromatic ring is 1. The molecule has 18 heavy (non-hydrogen) atoms. The van der Waals surface area contributed by atoms with Crippen molar-refractivity contribution in [1.82, 2.24) is 0 Å². The second-order valence-electron chi connectivity index (χ2n) is 3.54. The molecule has 0 saturated heterocycles. The fraction of sp³-hybridized carbons (Fsp3) is 0.300. The smallest absolute Gasteiger partial charge is 0.325 e. The first-order chi connectivity index (χ1) is 8.27. The second kappa shape index (κ2) is 5.45. The molecule has 1 atom stereocenters. The van der Waals surface area contributed by atoms with Gasteiger partial charge in [0, 0.05) is 5.02 Å². The van der Waals surface area contributed by atoms with Crippen molar-refractivity contribution in [3.63, 3.8) is 0 Å². The Kier molecular flexibility index (Phi) is 4.42. The molecule has 0 spiro atoms. The van der Waals surface area contributed by atoms with Crippen LogP contribution < -0.4 is 10.5 Å². The number of hydrogen-bond donors (Lipinski definition) is 2. The molecule has 1 unspecified atom stereocenters. The number of nitrogens with one attached hydrogen (secondary N) is 1. The van der Waals surface area contributed by atoms with Crippen LogP contribution in [0, 0.1) is 0 Å². The molecule has 100 valence electrons. The number of sulfonamides is 1. The lowest BCUT2D eigenvalue weighted by molar-refractivity contribution is -0.139. The van der Waals surface area contributed by atoms with E-state index in [9.17, 15) is 13.2 Å². The van der Waals surface area contributed by atoms with Crippen molar-refractivity contribution in [2.75, 3.05) is 17.6 Å². The van der Waals surface area contributed by atoms with E-state index in [0.717, 1.165) is 7.11 Å². The van der Waals surface area contributed by atoms with Gasteiger partial charge in [-0.05, 0) is 25.1 Å². The molecule has 0 radical (unpaired) electrons. The number of nitrogens with two attached hydrogens (primary N) is 1. The molecule has 0 heterocycles. The highest BCUT2D eigenvalue weighted by Crippen LogP contribution is 2.24. The molecular weight excluding hydrogens is 280 g/mol. The SMILES string of the molecule is COC(=O)C(C)S(=O)(=O)Nc1ccc(Cl)cc1N. The summed E-state index contributed by atoms with van der Waals surface area (Å²) in [5.74, 6) is -0.852. The van der Waals surface area contributed by atoms with Gasteiger partial charge in [0.25, 0.3) is 0 Å². The number of esters is 1. The summed E-state index contributed by atoms with van der Waals surface area (Å²) in [6.45, 7) is 1.22. The Bertz CT molecular complexity index is 559. The number of halogens is 1. The Morgan fingerprint density at radius 3 is 2.61 bits per heavy atom. The van der Waals surface area contributed by atoms with Gasteiger partial charge in [0.15, 0.2) is 5.25 Å². The van der Waals surface area contributed by atoms with Crippen LogP contribution in [0.4, 0.5) is 11.4 Å². The average Bonchev–Trinajstić information content (AvgIpc) is 2.30. The fourth-order valence-corrected chi connectivity index (χ4v) is 2.36. The number of rotatable bonds is 4. The van der Waals surface area contributed by atoms with Crippen LogP contribution in [0.1, 0.15) is 6.92 Å². The van der Waals surface area contributed by atoms with E-state index in [0.29, 0.717) is 5.02 Å². The molecular formula is C10H13ClN2O4S. The Hall–Kier alpha value is -1.47. The van der Waals surface area contributed by atoms with Gasteiger partial charge in [-0.3, -0.25) is 9.52 Å². The minimum atomic E-state index is -3.91. The molecule has 0 aliphatic rings. The van der Waals surface area contributed by atoms with Crippen LogP contribution in [0.3, 0.4) is 0 Å². The van der Waals surface area contributed by atoms with Crippen LogP contribution in [-0.4, -0.2) is 26.7 Å². The average molecular weight is 293 g/mol. The number of hydrogen-bond acceptors (Lipinski definition) is 5. The zero-order valence-electron chi connectivity index (χ0n) is 9.81. The second-order valence-corrected chi connectivity index (χ2v) is 5.98. The summed E-state index contributed by atoms with van der Waals surface area (Å²) in [4.78, 5) is 11.2. The first kappa shape index (κ1) is 14.6. The summed E-state index contributed by atoms with van der Waals surface area (Å²) in [6.07, 6.45) is 0. The van der Waals surface area contributed by atoms with Gasteiger partial charge in [0.2, 0.25) is 10.0 Å². The van der Waals surface area contributed by atoms with Crippen molar-refractivity contribution in [1.29, 1.82) is 0 Å². The summed E-state index contributed by atoms with van der Waals surface area (Å²) in [5, 5.41) is -0.950. The molecule has 6 nitrogen and oxygen atoms in total. The summed E-state index contributed by atoms with van der Waals surface area (Å²) in [7, 11) is -2.79. The van der Waals surface area contributed by atoms with Gasteiger partial charge in [-0.1, -0.05) is 11.6 Å². The highest BCUT2D eigenvalue weighted by molar-refractivity contribution is 7.94. The number of anilines is 2. The lowest BCUT2D eigenvalue weighted by atomic mass is 10.3. The van der Waals surface area contributed by atoms with Gasteiger partial charge in [-0.25, -0.2) is 8.42 Å². The number of methoxy groups -OCH3 is 1. The Morgan fingerprint density at radius 1 is 1.50 bits per heavy atom. The predicted octanol–water partition coefficient (Wildman–Crippen LogP) is 1.23. The van der Waals surface area contributed by atoms with Crippen molar-refractivity contribution in [3.8, 4) is 0 Å². The molecule has 1 aromatic rings. The van der Waals surface area contributed by atoms with E-state index in [1.165, 1.54) is 25.1 Å². The lowest BCUT2D eigenvalue weighted by Gasteiger charge is -2.14. The minimum Gasteiger partial charge on any atom is -0.468 e. The van der Waals surface area contributed by atoms with E-state index in [2.05, 4.69) is 9.46 Å². The predicted molar refractivity (Wildman–Crippen MR) is 69.9 cm³/mol. The third kappa shape index (κ3) is 3.27. The van der Waals surface area contributed by atoms with Crippen LogP contribution in [-0.2, 0) is 19.6 Å². The molecule has 0 fully saturated rings. The molecule has 0 bridgehead atoms. The van der Waals surface area contributed by atoms with E-state index in [1.54, 1.807) is 0 Å². The number of carbonyl (C=O) groups excluding carboxylic acids is 1. The molecule has 0 aliphatic heterocycles.